The molecule has 0 unspecified atom stereocenters. The van der Waals surface area contributed by atoms with Gasteiger partial charge in [0, 0.05) is 25.2 Å². The van der Waals surface area contributed by atoms with E-state index in [-0.39, 0.29) is 5.69 Å². The van der Waals surface area contributed by atoms with Crippen LogP contribution >= 0.6 is 0 Å². The maximum absolute atomic E-state index is 10.7. The summed E-state index contributed by atoms with van der Waals surface area (Å²) in [5.74, 6) is 0.716. The molecule has 1 fully saturated rings. The molecule has 0 amide bonds. The molecule has 1 aromatic carbocycles. The fourth-order valence-corrected chi connectivity index (χ4v) is 2.19. The number of nitriles is 1. The summed E-state index contributed by atoms with van der Waals surface area (Å²) in [6, 6.07) is 6.62. The number of hydrogen-bond donors (Lipinski definition) is 0. The Labute approximate surface area is 112 Å². The lowest BCUT2D eigenvalue weighted by atomic mass is 10.1. The molecule has 0 atom stereocenters. The van der Waals surface area contributed by atoms with Crippen molar-refractivity contribution in [3.63, 3.8) is 0 Å². The standard InChI is InChI=1S/C14H17N3O2/c1-2-7-16(10-11-3-4-11)14-6-5-13(17(18)19)8-12(14)9-15/h5-6,8,11H,2-4,7,10H2,1H3. The van der Waals surface area contributed by atoms with Crippen molar-refractivity contribution < 1.29 is 4.92 Å². The van der Waals surface area contributed by atoms with Gasteiger partial charge in [0.25, 0.3) is 5.69 Å². The molecule has 19 heavy (non-hydrogen) atoms. The van der Waals surface area contributed by atoms with Gasteiger partial charge in [0.15, 0.2) is 0 Å². The van der Waals surface area contributed by atoms with Gasteiger partial charge in [-0.1, -0.05) is 6.92 Å². The van der Waals surface area contributed by atoms with Gasteiger partial charge in [-0.15, -0.1) is 0 Å². The third-order valence-corrected chi connectivity index (χ3v) is 3.32. The van der Waals surface area contributed by atoms with Crippen molar-refractivity contribution in [3.8, 4) is 6.07 Å². The zero-order valence-electron chi connectivity index (χ0n) is 11.0. The Morgan fingerprint density at radius 3 is 2.79 bits per heavy atom. The minimum absolute atomic E-state index is 0.0248. The minimum atomic E-state index is -0.463. The van der Waals surface area contributed by atoms with E-state index >= 15 is 0 Å². The molecule has 0 radical (unpaired) electrons. The molecule has 1 aliphatic carbocycles. The molecular weight excluding hydrogens is 242 g/mol. The normalized spacial score (nSPS) is 13.9. The number of nitro groups is 1. The van der Waals surface area contributed by atoms with Crippen molar-refractivity contribution in [2.75, 3.05) is 18.0 Å². The highest BCUT2D eigenvalue weighted by Crippen LogP contribution is 2.33. The van der Waals surface area contributed by atoms with Crippen LogP contribution in [-0.4, -0.2) is 18.0 Å². The predicted molar refractivity (Wildman–Crippen MR) is 73.0 cm³/mol. The number of hydrogen-bond acceptors (Lipinski definition) is 4. The zero-order chi connectivity index (χ0) is 13.8. The van der Waals surface area contributed by atoms with Crippen LogP contribution in [0.4, 0.5) is 11.4 Å². The topological polar surface area (TPSA) is 70.2 Å². The first-order valence-corrected chi connectivity index (χ1v) is 6.59. The molecule has 100 valence electrons. The molecule has 0 spiro atoms. The van der Waals surface area contributed by atoms with E-state index in [0.717, 1.165) is 25.2 Å². The lowest BCUT2D eigenvalue weighted by Crippen LogP contribution is -2.27. The molecule has 1 saturated carbocycles. The lowest BCUT2D eigenvalue weighted by Gasteiger charge is -2.25. The number of nitro benzene ring substituents is 1. The van der Waals surface area contributed by atoms with Crippen LogP contribution in [0.15, 0.2) is 18.2 Å². The lowest BCUT2D eigenvalue weighted by molar-refractivity contribution is -0.384. The molecule has 1 aliphatic rings. The average Bonchev–Trinajstić information content (AvgIpc) is 3.21. The molecule has 0 bridgehead atoms. The van der Waals surface area contributed by atoms with Gasteiger partial charge in [-0.05, 0) is 31.2 Å². The van der Waals surface area contributed by atoms with E-state index in [1.165, 1.54) is 25.0 Å². The summed E-state index contributed by atoms with van der Waals surface area (Å²) in [7, 11) is 0. The third kappa shape index (κ3) is 3.22. The van der Waals surface area contributed by atoms with Crippen molar-refractivity contribution in [1.82, 2.24) is 0 Å². The third-order valence-electron chi connectivity index (χ3n) is 3.32. The first-order valence-electron chi connectivity index (χ1n) is 6.59. The molecule has 1 aromatic rings. The second-order valence-corrected chi connectivity index (χ2v) is 4.96. The van der Waals surface area contributed by atoms with Gasteiger partial charge in [-0.25, -0.2) is 0 Å². The fraction of sp³-hybridized carbons (Fsp3) is 0.500. The Morgan fingerprint density at radius 2 is 2.26 bits per heavy atom. The molecule has 0 aliphatic heterocycles. The molecule has 2 rings (SSSR count). The van der Waals surface area contributed by atoms with Gasteiger partial charge in [-0.2, -0.15) is 5.26 Å². The van der Waals surface area contributed by atoms with Crippen LogP contribution in [0.2, 0.25) is 0 Å². The molecule has 5 nitrogen and oxygen atoms in total. The summed E-state index contributed by atoms with van der Waals surface area (Å²) in [5, 5.41) is 19.9. The maximum atomic E-state index is 10.7. The Bertz CT molecular complexity index is 518. The summed E-state index contributed by atoms with van der Waals surface area (Å²) in [5.41, 5.74) is 1.19. The van der Waals surface area contributed by atoms with Crippen LogP contribution in [0, 0.1) is 27.4 Å². The van der Waals surface area contributed by atoms with Crippen molar-refractivity contribution in [1.29, 1.82) is 5.26 Å². The summed E-state index contributed by atoms with van der Waals surface area (Å²) >= 11 is 0. The van der Waals surface area contributed by atoms with Crippen molar-refractivity contribution >= 4 is 11.4 Å². The highest BCUT2D eigenvalue weighted by Gasteiger charge is 2.25. The van der Waals surface area contributed by atoms with Gasteiger partial charge < -0.3 is 4.90 Å². The highest BCUT2D eigenvalue weighted by atomic mass is 16.6. The van der Waals surface area contributed by atoms with Crippen LogP contribution < -0.4 is 4.90 Å². The van der Waals surface area contributed by atoms with E-state index in [2.05, 4.69) is 17.9 Å². The van der Waals surface area contributed by atoms with Crippen molar-refractivity contribution in [3.05, 3.63) is 33.9 Å². The van der Waals surface area contributed by atoms with Gasteiger partial charge in [0.05, 0.1) is 16.2 Å². The first kappa shape index (κ1) is 13.3. The monoisotopic (exact) mass is 259 g/mol. The number of rotatable bonds is 6. The van der Waals surface area contributed by atoms with E-state index in [4.69, 9.17) is 0 Å². The molecular formula is C14H17N3O2. The molecule has 0 aromatic heterocycles. The molecule has 0 heterocycles. The second kappa shape index (κ2) is 5.70. The largest absolute Gasteiger partial charge is 0.370 e. The van der Waals surface area contributed by atoms with E-state index in [9.17, 15) is 15.4 Å². The van der Waals surface area contributed by atoms with E-state index in [1.54, 1.807) is 6.07 Å². The maximum Gasteiger partial charge on any atom is 0.270 e. The van der Waals surface area contributed by atoms with E-state index in [1.807, 2.05) is 0 Å². The van der Waals surface area contributed by atoms with Crippen LogP contribution in [0.3, 0.4) is 0 Å². The minimum Gasteiger partial charge on any atom is -0.370 e. The number of benzene rings is 1. The quantitative estimate of drug-likeness (QED) is 0.581. The number of nitrogens with zero attached hydrogens (tertiary/aromatic N) is 3. The molecule has 0 saturated heterocycles. The Morgan fingerprint density at radius 1 is 1.53 bits per heavy atom. The number of anilines is 1. The summed E-state index contributed by atoms with van der Waals surface area (Å²) in [6.07, 6.45) is 3.48. The second-order valence-electron chi connectivity index (χ2n) is 4.96. The average molecular weight is 259 g/mol. The molecule has 0 N–H and O–H groups in total. The smallest absolute Gasteiger partial charge is 0.270 e. The van der Waals surface area contributed by atoms with Gasteiger partial charge in [-0.3, -0.25) is 10.1 Å². The predicted octanol–water partition coefficient (Wildman–Crippen LogP) is 3.09. The van der Waals surface area contributed by atoms with Crippen LogP contribution in [-0.2, 0) is 0 Å². The zero-order valence-corrected chi connectivity index (χ0v) is 11.0. The van der Waals surface area contributed by atoms with Crippen molar-refractivity contribution in [2.45, 2.75) is 26.2 Å². The summed E-state index contributed by atoms with van der Waals surface area (Å²) in [4.78, 5) is 12.5. The fourth-order valence-electron chi connectivity index (χ4n) is 2.19. The molecule has 5 heteroatoms. The Kier molecular flexibility index (Phi) is 4.00. The van der Waals surface area contributed by atoms with E-state index in [0.29, 0.717) is 11.5 Å². The SMILES string of the molecule is CCCN(CC1CC1)c1ccc([N+](=O)[O-])cc1C#N. The summed E-state index contributed by atoms with van der Waals surface area (Å²) < 4.78 is 0. The van der Waals surface area contributed by atoms with E-state index < -0.39 is 4.92 Å². The summed E-state index contributed by atoms with van der Waals surface area (Å²) in [6.45, 7) is 3.92. The Hall–Kier alpha value is -2.09. The number of non-ortho nitro benzene ring substituents is 1. The van der Waals surface area contributed by atoms with Gasteiger partial charge in [0.1, 0.15) is 6.07 Å². The Balaban J connectivity index is 2.29. The first-order chi connectivity index (χ1) is 9.15. The highest BCUT2D eigenvalue weighted by molar-refractivity contribution is 5.63. The van der Waals surface area contributed by atoms with Crippen molar-refractivity contribution in [2.24, 2.45) is 5.92 Å². The van der Waals surface area contributed by atoms with Gasteiger partial charge in [0.2, 0.25) is 0 Å². The van der Waals surface area contributed by atoms with Crippen LogP contribution in [0.25, 0.3) is 0 Å². The van der Waals surface area contributed by atoms with Gasteiger partial charge >= 0.3 is 0 Å². The van der Waals surface area contributed by atoms with Crippen LogP contribution in [0.1, 0.15) is 31.7 Å². The van der Waals surface area contributed by atoms with Crippen LogP contribution in [0.5, 0.6) is 0 Å².